The summed E-state index contributed by atoms with van der Waals surface area (Å²) in [6.45, 7) is 1.49. The fourth-order valence-corrected chi connectivity index (χ4v) is 3.17. The molecule has 7 nitrogen and oxygen atoms in total. The summed E-state index contributed by atoms with van der Waals surface area (Å²) in [5.41, 5.74) is 6.48. The highest BCUT2D eigenvalue weighted by molar-refractivity contribution is 7.13. The van der Waals surface area contributed by atoms with Crippen LogP contribution in [0.1, 0.15) is 36.7 Å². The number of likely N-dealkylation sites (tertiary alicyclic amines) is 1. The van der Waals surface area contributed by atoms with Crippen molar-refractivity contribution in [1.29, 1.82) is 0 Å². The molecule has 1 saturated heterocycles. The highest BCUT2D eigenvalue weighted by Crippen LogP contribution is 2.25. The predicted molar refractivity (Wildman–Crippen MR) is 77.7 cm³/mol. The van der Waals surface area contributed by atoms with Gasteiger partial charge in [0.05, 0.1) is 5.69 Å². The fraction of sp³-hybridized carbons (Fsp3) is 0.538. The van der Waals surface area contributed by atoms with E-state index in [1.54, 1.807) is 0 Å². The van der Waals surface area contributed by atoms with Crippen LogP contribution >= 0.6 is 11.3 Å². The number of nitrogens with two attached hydrogens (primary N) is 1. The maximum absolute atomic E-state index is 12.2. The monoisotopic (exact) mass is 307 g/mol. The molecule has 0 saturated carbocycles. The molecule has 1 amide bonds. The van der Waals surface area contributed by atoms with Crippen LogP contribution in [0, 0.1) is 0 Å². The Balaban J connectivity index is 1.46. The van der Waals surface area contributed by atoms with Crippen molar-refractivity contribution in [2.45, 2.75) is 31.6 Å². The van der Waals surface area contributed by atoms with Gasteiger partial charge in [0.25, 0.3) is 0 Å². The van der Waals surface area contributed by atoms with Gasteiger partial charge in [-0.05, 0) is 19.3 Å². The van der Waals surface area contributed by atoms with Crippen LogP contribution in [0.2, 0.25) is 0 Å². The number of thiazole rings is 1. The van der Waals surface area contributed by atoms with Gasteiger partial charge in [-0.1, -0.05) is 5.16 Å². The summed E-state index contributed by atoms with van der Waals surface area (Å²) in [6.07, 6.45) is 4.25. The Morgan fingerprint density at radius 1 is 1.48 bits per heavy atom. The first kappa shape index (κ1) is 14.0. The molecule has 0 bridgehead atoms. The van der Waals surface area contributed by atoms with E-state index in [2.05, 4.69) is 15.1 Å². The number of aromatic nitrogens is 3. The number of nitrogens with zero attached hydrogens (tertiary/aromatic N) is 4. The normalized spacial score (nSPS) is 16.3. The van der Waals surface area contributed by atoms with Crippen LogP contribution in [0.5, 0.6) is 0 Å². The molecule has 0 radical (unpaired) electrons. The van der Waals surface area contributed by atoms with Gasteiger partial charge in [-0.3, -0.25) is 4.79 Å². The molecule has 112 valence electrons. The number of nitrogen functional groups attached to an aromatic ring is 1. The van der Waals surface area contributed by atoms with Gasteiger partial charge in [0, 0.05) is 30.8 Å². The summed E-state index contributed by atoms with van der Waals surface area (Å²) < 4.78 is 4.77. The van der Waals surface area contributed by atoms with Crippen molar-refractivity contribution in [3.63, 3.8) is 0 Å². The van der Waals surface area contributed by atoms with Gasteiger partial charge in [-0.25, -0.2) is 4.98 Å². The molecule has 2 aromatic rings. The van der Waals surface area contributed by atoms with E-state index in [-0.39, 0.29) is 5.91 Å². The highest BCUT2D eigenvalue weighted by Gasteiger charge is 2.25. The second-order valence-electron chi connectivity index (χ2n) is 5.12. The minimum absolute atomic E-state index is 0.174. The Kier molecular flexibility index (Phi) is 4.14. The number of piperidine rings is 1. The van der Waals surface area contributed by atoms with E-state index in [9.17, 15) is 4.79 Å². The number of aryl methyl sites for hydroxylation is 1. The molecule has 2 N–H and O–H groups in total. The number of carbonyl (C=O) groups excluding carboxylic acids is 1. The van der Waals surface area contributed by atoms with Crippen molar-refractivity contribution in [2.24, 2.45) is 0 Å². The maximum Gasteiger partial charge on any atom is 0.222 e. The van der Waals surface area contributed by atoms with E-state index in [1.165, 1.54) is 17.7 Å². The Hall–Kier alpha value is -1.96. The lowest BCUT2D eigenvalue weighted by atomic mass is 9.96. The first-order chi connectivity index (χ1) is 10.2. The van der Waals surface area contributed by atoms with E-state index in [0.29, 0.717) is 23.9 Å². The van der Waals surface area contributed by atoms with Crippen molar-refractivity contribution < 1.29 is 9.32 Å². The lowest BCUT2D eigenvalue weighted by Gasteiger charge is -2.30. The molecule has 3 rings (SSSR count). The van der Waals surface area contributed by atoms with Crippen LogP contribution in [0.4, 0.5) is 5.13 Å². The van der Waals surface area contributed by atoms with Gasteiger partial charge in [0.15, 0.2) is 11.0 Å². The lowest BCUT2D eigenvalue weighted by Crippen LogP contribution is -2.38. The van der Waals surface area contributed by atoms with E-state index in [4.69, 9.17) is 10.3 Å². The third-order valence-electron chi connectivity index (χ3n) is 3.76. The molecule has 1 aliphatic rings. The van der Waals surface area contributed by atoms with Crippen molar-refractivity contribution in [3.8, 4) is 0 Å². The minimum atomic E-state index is 0.174. The van der Waals surface area contributed by atoms with E-state index in [0.717, 1.165) is 37.4 Å². The maximum atomic E-state index is 12.2. The van der Waals surface area contributed by atoms with Crippen molar-refractivity contribution in [3.05, 3.63) is 23.3 Å². The average Bonchev–Trinajstić information content (AvgIpc) is 3.16. The summed E-state index contributed by atoms with van der Waals surface area (Å²) in [5.74, 6) is 1.22. The number of anilines is 1. The average molecular weight is 307 g/mol. The topological polar surface area (TPSA) is 98.1 Å². The van der Waals surface area contributed by atoms with Crippen LogP contribution in [-0.4, -0.2) is 39.0 Å². The van der Waals surface area contributed by atoms with Gasteiger partial charge in [0.1, 0.15) is 0 Å². The summed E-state index contributed by atoms with van der Waals surface area (Å²) in [6, 6.07) is 0. The SMILES string of the molecule is Nc1nc(CCC(=O)N2CCC(c3ncon3)CC2)cs1. The molecule has 0 unspecified atom stereocenters. The molecule has 0 aromatic carbocycles. The fourth-order valence-electron chi connectivity index (χ4n) is 2.58. The van der Waals surface area contributed by atoms with Gasteiger partial charge in [-0.15, -0.1) is 11.3 Å². The summed E-state index contributed by atoms with van der Waals surface area (Å²) in [5, 5.41) is 6.34. The summed E-state index contributed by atoms with van der Waals surface area (Å²) in [7, 11) is 0. The number of rotatable bonds is 4. The molecule has 0 atom stereocenters. The van der Waals surface area contributed by atoms with Gasteiger partial charge < -0.3 is 15.2 Å². The molecule has 3 heterocycles. The Labute approximate surface area is 126 Å². The van der Waals surface area contributed by atoms with Gasteiger partial charge in [0.2, 0.25) is 12.3 Å². The third kappa shape index (κ3) is 3.38. The molecule has 1 aliphatic heterocycles. The van der Waals surface area contributed by atoms with Crippen molar-refractivity contribution in [2.75, 3.05) is 18.8 Å². The Bertz CT molecular complexity index is 589. The largest absolute Gasteiger partial charge is 0.375 e. The second kappa shape index (κ2) is 6.21. The van der Waals surface area contributed by atoms with Gasteiger partial charge >= 0.3 is 0 Å². The molecular formula is C13H17N5O2S. The van der Waals surface area contributed by atoms with Crippen LogP contribution in [0.3, 0.4) is 0 Å². The Morgan fingerprint density at radius 2 is 2.29 bits per heavy atom. The van der Waals surface area contributed by atoms with Crippen LogP contribution < -0.4 is 5.73 Å². The number of carbonyl (C=O) groups is 1. The van der Waals surface area contributed by atoms with Crippen LogP contribution in [0.15, 0.2) is 16.3 Å². The summed E-state index contributed by atoms with van der Waals surface area (Å²) in [4.78, 5) is 22.4. The molecule has 0 spiro atoms. The third-order valence-corrected chi connectivity index (χ3v) is 4.48. The quantitative estimate of drug-likeness (QED) is 0.918. The zero-order valence-corrected chi connectivity index (χ0v) is 12.4. The highest BCUT2D eigenvalue weighted by atomic mass is 32.1. The first-order valence-corrected chi connectivity index (χ1v) is 7.84. The molecule has 0 aliphatic carbocycles. The van der Waals surface area contributed by atoms with E-state index >= 15 is 0 Å². The minimum Gasteiger partial charge on any atom is -0.375 e. The van der Waals surface area contributed by atoms with Crippen molar-refractivity contribution in [1.82, 2.24) is 20.0 Å². The van der Waals surface area contributed by atoms with Crippen molar-refractivity contribution >= 4 is 22.4 Å². The molecule has 2 aromatic heterocycles. The first-order valence-electron chi connectivity index (χ1n) is 6.96. The number of hydrogen-bond donors (Lipinski definition) is 1. The molecule has 21 heavy (non-hydrogen) atoms. The standard InChI is InChI=1S/C13H17N5O2S/c14-13-16-10(7-21-13)1-2-11(19)18-5-3-9(4-6-18)12-15-8-20-17-12/h7-9H,1-6H2,(H2,14,16). The summed E-state index contributed by atoms with van der Waals surface area (Å²) >= 11 is 1.41. The number of hydrogen-bond acceptors (Lipinski definition) is 7. The van der Waals surface area contributed by atoms with Crippen LogP contribution in [-0.2, 0) is 11.2 Å². The molecule has 1 fully saturated rings. The van der Waals surface area contributed by atoms with E-state index < -0.39 is 0 Å². The van der Waals surface area contributed by atoms with Gasteiger partial charge in [-0.2, -0.15) is 4.98 Å². The predicted octanol–water partition coefficient (Wildman–Crippen LogP) is 1.45. The Morgan fingerprint density at radius 3 is 2.90 bits per heavy atom. The molecule has 8 heteroatoms. The second-order valence-corrected chi connectivity index (χ2v) is 6.01. The lowest BCUT2D eigenvalue weighted by molar-refractivity contribution is -0.132. The zero-order valence-electron chi connectivity index (χ0n) is 11.6. The van der Waals surface area contributed by atoms with Crippen LogP contribution in [0.25, 0.3) is 0 Å². The molecular weight excluding hydrogens is 290 g/mol. The number of amides is 1. The van der Waals surface area contributed by atoms with E-state index in [1.807, 2.05) is 10.3 Å². The smallest absolute Gasteiger partial charge is 0.222 e. The zero-order chi connectivity index (χ0) is 14.7.